The van der Waals surface area contributed by atoms with Crippen molar-refractivity contribution in [3.05, 3.63) is 18.2 Å². The van der Waals surface area contributed by atoms with E-state index in [1.165, 1.54) is 18.4 Å². The molecule has 0 radical (unpaired) electrons. The van der Waals surface area contributed by atoms with Crippen LogP contribution in [0.5, 0.6) is 0 Å². The molecule has 2 rings (SSSR count). The average molecular weight is 297 g/mol. The first-order chi connectivity index (χ1) is 9.16. The van der Waals surface area contributed by atoms with Crippen molar-refractivity contribution in [2.45, 2.75) is 37.1 Å². The first-order valence-electron chi connectivity index (χ1n) is 6.76. The SMILES string of the molecule is CN(C)S(=O)(=O)c1ccc(N2CCCC2(C)C)c(N)c1. The van der Waals surface area contributed by atoms with E-state index in [0.717, 1.165) is 25.1 Å². The van der Waals surface area contributed by atoms with Gasteiger partial charge in [0.15, 0.2) is 0 Å². The van der Waals surface area contributed by atoms with E-state index in [1.54, 1.807) is 12.1 Å². The lowest BCUT2D eigenvalue weighted by Crippen LogP contribution is -2.38. The maximum Gasteiger partial charge on any atom is 0.242 e. The van der Waals surface area contributed by atoms with E-state index < -0.39 is 10.0 Å². The topological polar surface area (TPSA) is 66.6 Å². The number of sulfonamides is 1. The van der Waals surface area contributed by atoms with Crippen molar-refractivity contribution in [2.24, 2.45) is 0 Å². The standard InChI is InChI=1S/C14H23N3O2S/c1-14(2)8-5-9-17(14)13-7-6-11(10-12(13)15)20(18,19)16(3)4/h6-7,10H,5,8-9,15H2,1-4H3. The minimum atomic E-state index is -3.43. The molecule has 1 aromatic carbocycles. The molecule has 0 aliphatic carbocycles. The highest BCUT2D eigenvalue weighted by Gasteiger charge is 2.33. The summed E-state index contributed by atoms with van der Waals surface area (Å²) in [6, 6.07) is 5.01. The van der Waals surface area contributed by atoms with Crippen molar-refractivity contribution in [1.29, 1.82) is 0 Å². The molecule has 20 heavy (non-hydrogen) atoms. The van der Waals surface area contributed by atoms with Crippen molar-refractivity contribution in [3.8, 4) is 0 Å². The molecule has 0 bridgehead atoms. The molecule has 1 aliphatic rings. The highest BCUT2D eigenvalue weighted by atomic mass is 32.2. The Kier molecular flexibility index (Phi) is 3.73. The van der Waals surface area contributed by atoms with E-state index in [0.29, 0.717) is 5.69 Å². The van der Waals surface area contributed by atoms with Crippen LogP contribution in [0.3, 0.4) is 0 Å². The Morgan fingerprint density at radius 2 is 1.95 bits per heavy atom. The smallest absolute Gasteiger partial charge is 0.242 e. The van der Waals surface area contributed by atoms with Gasteiger partial charge in [-0.2, -0.15) is 0 Å². The van der Waals surface area contributed by atoms with Crippen LogP contribution in [0.15, 0.2) is 23.1 Å². The molecule has 0 spiro atoms. The summed E-state index contributed by atoms with van der Waals surface area (Å²) in [4.78, 5) is 2.50. The van der Waals surface area contributed by atoms with E-state index in [9.17, 15) is 8.42 Å². The molecule has 0 saturated carbocycles. The Morgan fingerprint density at radius 1 is 1.30 bits per heavy atom. The van der Waals surface area contributed by atoms with E-state index in [-0.39, 0.29) is 10.4 Å². The fourth-order valence-electron chi connectivity index (χ4n) is 2.70. The lowest BCUT2D eigenvalue weighted by atomic mass is 10.0. The number of rotatable bonds is 3. The monoisotopic (exact) mass is 297 g/mol. The number of anilines is 2. The molecule has 2 N–H and O–H groups in total. The average Bonchev–Trinajstić information content (AvgIpc) is 2.68. The summed E-state index contributed by atoms with van der Waals surface area (Å²) in [6.07, 6.45) is 2.24. The Bertz CT molecular complexity index is 609. The minimum absolute atomic E-state index is 0.0655. The van der Waals surface area contributed by atoms with Crippen LogP contribution >= 0.6 is 0 Å². The minimum Gasteiger partial charge on any atom is -0.397 e. The summed E-state index contributed by atoms with van der Waals surface area (Å²) in [6.45, 7) is 5.32. The number of benzene rings is 1. The zero-order valence-electron chi connectivity index (χ0n) is 12.5. The van der Waals surface area contributed by atoms with Crippen LogP contribution < -0.4 is 10.6 Å². The lowest BCUT2D eigenvalue weighted by molar-refractivity contribution is 0.517. The lowest BCUT2D eigenvalue weighted by Gasteiger charge is -2.34. The van der Waals surface area contributed by atoms with Crippen LogP contribution in [0.4, 0.5) is 11.4 Å². The van der Waals surface area contributed by atoms with Crippen molar-refractivity contribution in [1.82, 2.24) is 4.31 Å². The Morgan fingerprint density at radius 3 is 2.40 bits per heavy atom. The summed E-state index contributed by atoms with van der Waals surface area (Å²) in [5.74, 6) is 0. The summed E-state index contributed by atoms with van der Waals surface area (Å²) in [5.41, 5.74) is 7.60. The molecular weight excluding hydrogens is 274 g/mol. The predicted octanol–water partition coefficient (Wildman–Crippen LogP) is 1.90. The van der Waals surface area contributed by atoms with Crippen molar-refractivity contribution in [2.75, 3.05) is 31.3 Å². The molecule has 1 aromatic rings. The molecule has 1 heterocycles. The summed E-state index contributed by atoms with van der Waals surface area (Å²) in [7, 11) is -0.400. The van der Waals surface area contributed by atoms with Gasteiger partial charge in [-0.05, 0) is 44.9 Å². The summed E-state index contributed by atoms with van der Waals surface area (Å²) >= 11 is 0. The van der Waals surface area contributed by atoms with Gasteiger partial charge < -0.3 is 10.6 Å². The van der Waals surface area contributed by atoms with Gasteiger partial charge in [-0.3, -0.25) is 0 Å². The van der Waals surface area contributed by atoms with Crippen LogP contribution in [-0.4, -0.2) is 38.9 Å². The zero-order chi connectivity index (χ0) is 15.1. The normalized spacial score (nSPS) is 18.8. The van der Waals surface area contributed by atoms with Gasteiger partial charge in [-0.1, -0.05) is 0 Å². The Hall–Kier alpha value is -1.27. The highest BCUT2D eigenvalue weighted by Crippen LogP contribution is 2.37. The number of nitrogen functional groups attached to an aromatic ring is 1. The van der Waals surface area contributed by atoms with Crippen molar-refractivity contribution in [3.63, 3.8) is 0 Å². The van der Waals surface area contributed by atoms with Crippen molar-refractivity contribution < 1.29 is 8.42 Å². The van der Waals surface area contributed by atoms with Gasteiger partial charge in [0.2, 0.25) is 10.0 Å². The van der Waals surface area contributed by atoms with Gasteiger partial charge in [-0.15, -0.1) is 0 Å². The predicted molar refractivity (Wildman–Crippen MR) is 82.4 cm³/mol. The molecule has 0 atom stereocenters. The molecule has 1 aliphatic heterocycles. The maximum absolute atomic E-state index is 12.1. The summed E-state index contributed by atoms with van der Waals surface area (Å²) < 4.78 is 25.4. The second-order valence-corrected chi connectivity index (χ2v) is 8.23. The van der Waals surface area contributed by atoms with E-state index >= 15 is 0 Å². The van der Waals surface area contributed by atoms with E-state index in [1.807, 2.05) is 6.07 Å². The summed E-state index contributed by atoms with van der Waals surface area (Å²) in [5, 5.41) is 0. The molecule has 1 saturated heterocycles. The van der Waals surface area contributed by atoms with Crippen molar-refractivity contribution >= 4 is 21.4 Å². The fraction of sp³-hybridized carbons (Fsp3) is 0.571. The van der Waals surface area contributed by atoms with Crippen LogP contribution in [-0.2, 0) is 10.0 Å². The van der Waals surface area contributed by atoms with Gasteiger partial charge in [0.05, 0.1) is 16.3 Å². The molecule has 112 valence electrons. The number of hydrogen-bond acceptors (Lipinski definition) is 4. The fourth-order valence-corrected chi connectivity index (χ4v) is 3.64. The number of nitrogens with two attached hydrogens (primary N) is 1. The number of nitrogens with zero attached hydrogens (tertiary/aromatic N) is 2. The first kappa shape index (κ1) is 15.1. The van der Waals surface area contributed by atoms with Gasteiger partial charge in [0, 0.05) is 26.2 Å². The third-order valence-electron chi connectivity index (χ3n) is 3.97. The Balaban J connectivity index is 2.42. The van der Waals surface area contributed by atoms with Crippen LogP contribution in [0, 0.1) is 0 Å². The molecule has 1 fully saturated rings. The van der Waals surface area contributed by atoms with Crippen LogP contribution in [0.1, 0.15) is 26.7 Å². The quantitative estimate of drug-likeness (QED) is 0.865. The first-order valence-corrected chi connectivity index (χ1v) is 8.20. The molecule has 5 nitrogen and oxygen atoms in total. The second-order valence-electron chi connectivity index (χ2n) is 6.08. The molecule has 0 amide bonds. The van der Waals surface area contributed by atoms with Gasteiger partial charge >= 0.3 is 0 Å². The van der Waals surface area contributed by atoms with Gasteiger partial charge in [-0.25, -0.2) is 12.7 Å². The largest absolute Gasteiger partial charge is 0.397 e. The second kappa shape index (κ2) is 4.93. The zero-order valence-corrected chi connectivity index (χ0v) is 13.4. The van der Waals surface area contributed by atoms with Gasteiger partial charge in [0.1, 0.15) is 0 Å². The molecule has 0 unspecified atom stereocenters. The highest BCUT2D eigenvalue weighted by molar-refractivity contribution is 7.89. The maximum atomic E-state index is 12.1. The molecule has 0 aromatic heterocycles. The van der Waals surface area contributed by atoms with Crippen LogP contribution in [0.2, 0.25) is 0 Å². The molecule has 6 heteroatoms. The van der Waals surface area contributed by atoms with E-state index in [4.69, 9.17) is 5.73 Å². The third kappa shape index (κ3) is 2.50. The van der Waals surface area contributed by atoms with Gasteiger partial charge in [0.25, 0.3) is 0 Å². The third-order valence-corrected chi connectivity index (χ3v) is 5.78. The molecular formula is C14H23N3O2S. The Labute approximate surface area is 121 Å². The van der Waals surface area contributed by atoms with Crippen LogP contribution in [0.25, 0.3) is 0 Å². The number of hydrogen-bond donors (Lipinski definition) is 1. The van der Waals surface area contributed by atoms with E-state index in [2.05, 4.69) is 18.7 Å².